The van der Waals surface area contributed by atoms with Gasteiger partial charge in [0.25, 0.3) is 0 Å². The van der Waals surface area contributed by atoms with E-state index in [9.17, 15) is 4.79 Å². The molecule has 0 unspecified atom stereocenters. The van der Waals surface area contributed by atoms with Gasteiger partial charge in [0.15, 0.2) is 0 Å². The fraction of sp³-hybridized carbons (Fsp3) is 0.923. The summed E-state index contributed by atoms with van der Waals surface area (Å²) in [5.41, 5.74) is 0. The maximum absolute atomic E-state index is 11.7. The molecule has 1 amide bonds. The molecule has 3 nitrogen and oxygen atoms in total. The molecule has 0 atom stereocenters. The molecule has 0 aliphatic heterocycles. The summed E-state index contributed by atoms with van der Waals surface area (Å²) in [6.07, 6.45) is 9.26. The Morgan fingerprint density at radius 3 is 2.59 bits per heavy atom. The van der Waals surface area contributed by atoms with E-state index in [0.29, 0.717) is 11.2 Å². The summed E-state index contributed by atoms with van der Waals surface area (Å²) in [7, 11) is 0. The van der Waals surface area contributed by atoms with Crippen molar-refractivity contribution in [1.82, 2.24) is 10.6 Å². The van der Waals surface area contributed by atoms with Gasteiger partial charge in [-0.1, -0.05) is 26.2 Å². The summed E-state index contributed by atoms with van der Waals surface area (Å²) in [4.78, 5) is 11.7. The lowest BCUT2D eigenvalue weighted by Gasteiger charge is -2.35. The van der Waals surface area contributed by atoms with Crippen molar-refractivity contribution in [1.29, 1.82) is 0 Å². The highest BCUT2D eigenvalue weighted by atomic mass is 32.2. The van der Waals surface area contributed by atoms with E-state index in [-0.39, 0.29) is 5.91 Å². The van der Waals surface area contributed by atoms with Crippen LogP contribution >= 0.6 is 11.8 Å². The van der Waals surface area contributed by atoms with Gasteiger partial charge >= 0.3 is 0 Å². The number of amides is 1. The molecule has 0 aromatic carbocycles. The molecule has 0 bridgehead atoms. The van der Waals surface area contributed by atoms with E-state index >= 15 is 0 Å². The van der Waals surface area contributed by atoms with Gasteiger partial charge < -0.3 is 10.6 Å². The second-order valence-electron chi connectivity index (χ2n) is 4.83. The summed E-state index contributed by atoms with van der Waals surface area (Å²) in [5, 5.41) is 6.28. The van der Waals surface area contributed by atoms with Crippen LogP contribution in [0.1, 0.15) is 45.4 Å². The molecule has 0 aromatic heterocycles. The zero-order valence-corrected chi connectivity index (χ0v) is 12.0. The minimum Gasteiger partial charge on any atom is -0.355 e. The second kappa shape index (κ2) is 7.98. The Hall–Kier alpha value is -0.220. The lowest BCUT2D eigenvalue weighted by molar-refractivity contribution is -0.121. The van der Waals surface area contributed by atoms with Crippen molar-refractivity contribution in [3.8, 4) is 0 Å². The van der Waals surface area contributed by atoms with Crippen LogP contribution in [-0.2, 0) is 4.79 Å². The second-order valence-corrected chi connectivity index (χ2v) is 6.10. The Labute approximate surface area is 109 Å². The number of hydrogen-bond acceptors (Lipinski definition) is 3. The molecule has 1 rings (SSSR count). The largest absolute Gasteiger partial charge is 0.355 e. The molecule has 17 heavy (non-hydrogen) atoms. The fourth-order valence-corrected chi connectivity index (χ4v) is 3.29. The summed E-state index contributed by atoms with van der Waals surface area (Å²) in [6.45, 7) is 4.62. The Kier molecular flexibility index (Phi) is 6.97. The molecule has 1 aliphatic carbocycles. The van der Waals surface area contributed by atoms with Crippen molar-refractivity contribution in [2.24, 2.45) is 0 Å². The standard InChI is InChI=1S/C13H26N2OS/c1-3-14-10-7-12(16)15-11-13(17-2)8-5-4-6-9-13/h14H,3-11H2,1-2H3,(H,15,16). The number of hydrogen-bond donors (Lipinski definition) is 2. The Morgan fingerprint density at radius 2 is 2.00 bits per heavy atom. The molecule has 1 fully saturated rings. The highest BCUT2D eigenvalue weighted by Crippen LogP contribution is 2.37. The van der Waals surface area contributed by atoms with E-state index in [4.69, 9.17) is 0 Å². The van der Waals surface area contributed by atoms with Crippen molar-refractivity contribution in [3.05, 3.63) is 0 Å². The van der Waals surface area contributed by atoms with Crippen molar-refractivity contribution >= 4 is 17.7 Å². The highest BCUT2D eigenvalue weighted by Gasteiger charge is 2.31. The van der Waals surface area contributed by atoms with E-state index < -0.39 is 0 Å². The van der Waals surface area contributed by atoms with Crippen LogP contribution < -0.4 is 10.6 Å². The minimum atomic E-state index is 0.185. The van der Waals surface area contributed by atoms with Crippen molar-refractivity contribution in [2.75, 3.05) is 25.9 Å². The van der Waals surface area contributed by atoms with E-state index in [1.165, 1.54) is 32.1 Å². The number of rotatable bonds is 7. The Balaban J connectivity index is 2.24. The average Bonchev–Trinajstić information content (AvgIpc) is 2.38. The average molecular weight is 258 g/mol. The first-order chi connectivity index (χ1) is 8.22. The smallest absolute Gasteiger partial charge is 0.221 e. The third-order valence-corrected chi connectivity index (χ3v) is 5.00. The van der Waals surface area contributed by atoms with Crippen molar-refractivity contribution < 1.29 is 4.79 Å². The summed E-state index contributed by atoms with van der Waals surface area (Å²) < 4.78 is 0.312. The van der Waals surface area contributed by atoms with Gasteiger partial charge in [-0.25, -0.2) is 0 Å². The van der Waals surface area contributed by atoms with Gasteiger partial charge in [0.2, 0.25) is 5.91 Å². The SMILES string of the molecule is CCNCCC(=O)NCC1(SC)CCCCC1. The lowest BCUT2D eigenvalue weighted by Crippen LogP contribution is -2.42. The van der Waals surface area contributed by atoms with Crippen LogP contribution in [-0.4, -0.2) is 36.5 Å². The van der Waals surface area contributed by atoms with Gasteiger partial charge in [0, 0.05) is 24.3 Å². The third-order valence-electron chi connectivity index (χ3n) is 3.58. The number of carbonyl (C=O) groups excluding carboxylic acids is 1. The zero-order chi connectivity index (χ0) is 12.6. The molecule has 0 radical (unpaired) electrons. The van der Waals surface area contributed by atoms with Crippen LogP contribution in [0.15, 0.2) is 0 Å². The molecule has 0 saturated heterocycles. The normalized spacial score (nSPS) is 18.9. The number of nitrogens with one attached hydrogen (secondary N) is 2. The topological polar surface area (TPSA) is 41.1 Å². The van der Waals surface area contributed by atoms with Crippen LogP contribution in [0.2, 0.25) is 0 Å². The summed E-state index contributed by atoms with van der Waals surface area (Å²) in [5.74, 6) is 0.185. The lowest BCUT2D eigenvalue weighted by atomic mass is 9.88. The summed E-state index contributed by atoms with van der Waals surface area (Å²) >= 11 is 1.93. The van der Waals surface area contributed by atoms with Crippen molar-refractivity contribution in [3.63, 3.8) is 0 Å². The van der Waals surface area contributed by atoms with Crippen molar-refractivity contribution in [2.45, 2.75) is 50.2 Å². The maximum Gasteiger partial charge on any atom is 0.221 e. The van der Waals surface area contributed by atoms with Gasteiger partial charge in [-0.15, -0.1) is 0 Å². The first-order valence-electron chi connectivity index (χ1n) is 6.75. The van der Waals surface area contributed by atoms with E-state index in [1.54, 1.807) is 0 Å². The fourth-order valence-electron chi connectivity index (χ4n) is 2.38. The van der Waals surface area contributed by atoms with Crippen LogP contribution in [0, 0.1) is 0 Å². The van der Waals surface area contributed by atoms with Gasteiger partial charge in [-0.2, -0.15) is 11.8 Å². The molecule has 1 aliphatic rings. The van der Waals surface area contributed by atoms with Gasteiger partial charge in [-0.05, 0) is 25.6 Å². The summed E-state index contributed by atoms with van der Waals surface area (Å²) in [6, 6.07) is 0. The Morgan fingerprint density at radius 1 is 1.29 bits per heavy atom. The monoisotopic (exact) mass is 258 g/mol. The van der Waals surface area contributed by atoms with Gasteiger partial charge in [0.05, 0.1) is 0 Å². The molecule has 0 spiro atoms. The highest BCUT2D eigenvalue weighted by molar-refractivity contribution is 8.00. The van der Waals surface area contributed by atoms with Crippen LogP contribution in [0.4, 0.5) is 0 Å². The predicted molar refractivity (Wildman–Crippen MR) is 75.5 cm³/mol. The first-order valence-corrected chi connectivity index (χ1v) is 7.97. The third kappa shape index (κ3) is 5.30. The molecule has 1 saturated carbocycles. The van der Waals surface area contributed by atoms with E-state index in [1.807, 2.05) is 11.8 Å². The number of thioether (sulfide) groups is 1. The number of carbonyl (C=O) groups is 1. The minimum absolute atomic E-state index is 0.185. The molecule has 100 valence electrons. The van der Waals surface area contributed by atoms with Crippen LogP contribution in [0.3, 0.4) is 0 Å². The molecular formula is C13H26N2OS. The molecule has 2 N–H and O–H groups in total. The Bertz CT molecular complexity index is 227. The zero-order valence-electron chi connectivity index (χ0n) is 11.2. The van der Waals surface area contributed by atoms with Crippen LogP contribution in [0.5, 0.6) is 0 Å². The predicted octanol–water partition coefficient (Wildman–Crippen LogP) is 2.17. The van der Waals surface area contributed by atoms with E-state index in [0.717, 1.165) is 19.6 Å². The molecule has 0 heterocycles. The molecule has 0 aromatic rings. The first kappa shape index (κ1) is 14.8. The quantitative estimate of drug-likeness (QED) is 0.688. The van der Waals surface area contributed by atoms with Crippen LogP contribution in [0.25, 0.3) is 0 Å². The molecule has 4 heteroatoms. The molecular weight excluding hydrogens is 232 g/mol. The van der Waals surface area contributed by atoms with Gasteiger partial charge in [0.1, 0.15) is 0 Å². The maximum atomic E-state index is 11.7. The van der Waals surface area contributed by atoms with E-state index in [2.05, 4.69) is 23.8 Å². The van der Waals surface area contributed by atoms with Gasteiger partial charge in [-0.3, -0.25) is 4.79 Å².